The van der Waals surface area contributed by atoms with Crippen molar-refractivity contribution >= 4 is 5.82 Å². The van der Waals surface area contributed by atoms with E-state index in [0.29, 0.717) is 23.8 Å². The minimum Gasteiger partial charge on any atom is -0.436 e. The van der Waals surface area contributed by atoms with E-state index in [-0.39, 0.29) is 18.3 Å². The molecule has 2 rings (SSSR count). The minimum atomic E-state index is -0.889. The molecule has 20 heavy (non-hydrogen) atoms. The number of nitrogens with one attached hydrogen (secondary N) is 1. The third kappa shape index (κ3) is 3.03. The number of anilines is 1. The van der Waals surface area contributed by atoms with Gasteiger partial charge in [0.05, 0.1) is 0 Å². The summed E-state index contributed by atoms with van der Waals surface area (Å²) < 4.78 is 32.4. The largest absolute Gasteiger partial charge is 0.436 e. The van der Waals surface area contributed by atoms with Crippen LogP contribution in [-0.2, 0) is 6.42 Å². The van der Waals surface area contributed by atoms with Gasteiger partial charge in [-0.2, -0.15) is 4.98 Å². The van der Waals surface area contributed by atoms with Crippen LogP contribution < -0.4 is 10.1 Å². The highest BCUT2D eigenvalue weighted by Gasteiger charge is 2.14. The van der Waals surface area contributed by atoms with Gasteiger partial charge in [-0.05, 0) is 18.1 Å². The Morgan fingerprint density at radius 1 is 1.25 bits per heavy atom. The molecule has 2 N–H and O–H groups in total. The Morgan fingerprint density at radius 2 is 2.00 bits per heavy atom. The van der Waals surface area contributed by atoms with Crippen LogP contribution in [0.4, 0.5) is 14.6 Å². The Balaban J connectivity index is 2.35. The number of rotatable bonds is 5. The molecule has 0 fully saturated rings. The topological polar surface area (TPSA) is 54.4 Å². The Hall–Kier alpha value is -2.21. The van der Waals surface area contributed by atoms with Crippen molar-refractivity contribution in [3.8, 4) is 11.6 Å². The zero-order chi connectivity index (χ0) is 14.5. The number of benzene rings is 1. The highest BCUT2D eigenvalue weighted by atomic mass is 19.1. The fourth-order valence-electron chi connectivity index (χ4n) is 1.73. The molecule has 1 aromatic heterocycles. The molecule has 0 aliphatic rings. The van der Waals surface area contributed by atoms with Crippen LogP contribution in [0.3, 0.4) is 0 Å². The van der Waals surface area contributed by atoms with Crippen molar-refractivity contribution < 1.29 is 18.6 Å². The van der Waals surface area contributed by atoms with Crippen molar-refractivity contribution in [2.45, 2.75) is 6.42 Å². The van der Waals surface area contributed by atoms with Crippen LogP contribution in [0.5, 0.6) is 11.6 Å². The van der Waals surface area contributed by atoms with Gasteiger partial charge in [0, 0.05) is 19.7 Å². The summed E-state index contributed by atoms with van der Waals surface area (Å²) in [5.74, 6) is -1.72. The van der Waals surface area contributed by atoms with Crippen LogP contribution in [0, 0.1) is 11.6 Å². The molecule has 106 valence electrons. The maximum absolute atomic E-state index is 13.7. The molecule has 0 amide bonds. The first-order valence-electron chi connectivity index (χ1n) is 6.06. The van der Waals surface area contributed by atoms with E-state index in [2.05, 4.69) is 10.3 Å². The van der Waals surface area contributed by atoms with Gasteiger partial charge in [-0.25, -0.2) is 8.78 Å². The molecule has 0 saturated carbocycles. The van der Waals surface area contributed by atoms with Crippen LogP contribution >= 0.6 is 0 Å². The third-order valence-corrected chi connectivity index (χ3v) is 2.69. The third-order valence-electron chi connectivity index (χ3n) is 2.69. The number of aliphatic hydroxyl groups is 1. The molecule has 1 aromatic carbocycles. The van der Waals surface area contributed by atoms with Crippen LogP contribution in [0.2, 0.25) is 0 Å². The molecule has 4 nitrogen and oxygen atoms in total. The Labute approximate surface area is 115 Å². The quantitative estimate of drug-likeness (QED) is 0.884. The fraction of sp³-hybridized carbons (Fsp3) is 0.214. The van der Waals surface area contributed by atoms with Crippen molar-refractivity contribution in [3.63, 3.8) is 0 Å². The molecule has 0 aliphatic carbocycles. The van der Waals surface area contributed by atoms with E-state index in [0.717, 1.165) is 0 Å². The van der Waals surface area contributed by atoms with Gasteiger partial charge < -0.3 is 15.2 Å². The first-order valence-corrected chi connectivity index (χ1v) is 6.06. The number of hydrogen-bond donors (Lipinski definition) is 2. The molecule has 0 radical (unpaired) electrons. The van der Waals surface area contributed by atoms with Gasteiger partial charge in [-0.1, -0.05) is 18.2 Å². The lowest BCUT2D eigenvalue weighted by molar-refractivity contribution is 0.297. The van der Waals surface area contributed by atoms with E-state index in [1.165, 1.54) is 7.05 Å². The lowest BCUT2D eigenvalue weighted by atomic mass is 10.1. The smallest absolute Gasteiger partial charge is 0.258 e. The second kappa shape index (κ2) is 6.29. The number of aromatic nitrogens is 1. The van der Waals surface area contributed by atoms with E-state index in [9.17, 15) is 8.78 Å². The lowest BCUT2D eigenvalue weighted by Gasteiger charge is -2.11. The summed E-state index contributed by atoms with van der Waals surface area (Å²) in [6, 6.07) is 7.60. The number of ether oxygens (including phenoxy) is 1. The van der Waals surface area contributed by atoms with Crippen molar-refractivity contribution in [3.05, 3.63) is 47.5 Å². The summed E-state index contributed by atoms with van der Waals surface area (Å²) in [6.45, 7) is -0.0541. The number of nitrogens with zero attached hydrogens (tertiary/aromatic N) is 1. The Morgan fingerprint density at radius 3 is 2.70 bits per heavy atom. The summed E-state index contributed by atoms with van der Waals surface area (Å²) >= 11 is 0. The van der Waals surface area contributed by atoms with E-state index < -0.39 is 11.6 Å². The fourth-order valence-corrected chi connectivity index (χ4v) is 1.73. The highest BCUT2D eigenvalue weighted by Crippen LogP contribution is 2.28. The van der Waals surface area contributed by atoms with Crippen LogP contribution in [-0.4, -0.2) is 23.7 Å². The average Bonchev–Trinajstić information content (AvgIpc) is 2.44. The van der Waals surface area contributed by atoms with Crippen LogP contribution in [0.25, 0.3) is 0 Å². The summed E-state index contributed by atoms with van der Waals surface area (Å²) in [5.41, 5.74) is 0.714. The zero-order valence-corrected chi connectivity index (χ0v) is 10.9. The molecular weight excluding hydrogens is 266 g/mol. The van der Waals surface area contributed by atoms with Crippen molar-refractivity contribution in [1.82, 2.24) is 4.98 Å². The normalized spacial score (nSPS) is 10.4. The van der Waals surface area contributed by atoms with Gasteiger partial charge in [-0.3, -0.25) is 0 Å². The molecule has 1 heterocycles. The SMILES string of the molecule is CNc1nc(Oc2ccccc2CCO)c(F)cc1F. The maximum Gasteiger partial charge on any atom is 0.258 e. The molecule has 0 saturated heterocycles. The predicted molar refractivity (Wildman–Crippen MR) is 71.0 cm³/mol. The lowest BCUT2D eigenvalue weighted by Crippen LogP contribution is -2.02. The number of aliphatic hydroxyl groups excluding tert-OH is 1. The molecule has 0 aliphatic heterocycles. The van der Waals surface area contributed by atoms with Crippen molar-refractivity contribution in [2.75, 3.05) is 19.0 Å². The first kappa shape index (κ1) is 14.2. The van der Waals surface area contributed by atoms with Gasteiger partial charge in [0.1, 0.15) is 5.75 Å². The average molecular weight is 280 g/mol. The van der Waals surface area contributed by atoms with E-state index in [4.69, 9.17) is 9.84 Å². The molecular formula is C14H14F2N2O2. The number of pyridine rings is 1. The van der Waals surface area contributed by atoms with Gasteiger partial charge in [-0.15, -0.1) is 0 Å². The Kier molecular flexibility index (Phi) is 4.47. The number of hydrogen-bond acceptors (Lipinski definition) is 4. The summed E-state index contributed by atoms with van der Waals surface area (Å²) in [6.07, 6.45) is 0.373. The van der Waals surface area contributed by atoms with Crippen LogP contribution in [0.15, 0.2) is 30.3 Å². The summed E-state index contributed by atoms with van der Waals surface area (Å²) in [4.78, 5) is 3.74. The highest BCUT2D eigenvalue weighted by molar-refractivity contribution is 5.42. The summed E-state index contributed by atoms with van der Waals surface area (Å²) in [7, 11) is 1.48. The van der Waals surface area contributed by atoms with E-state index in [1.807, 2.05) is 0 Å². The van der Waals surface area contributed by atoms with E-state index in [1.54, 1.807) is 24.3 Å². The molecule has 0 spiro atoms. The monoisotopic (exact) mass is 280 g/mol. The first-order chi connectivity index (χ1) is 9.65. The predicted octanol–water partition coefficient (Wildman–Crippen LogP) is 2.73. The Bertz CT molecular complexity index is 606. The van der Waals surface area contributed by atoms with E-state index >= 15 is 0 Å². The molecule has 0 atom stereocenters. The second-order valence-electron chi connectivity index (χ2n) is 4.04. The second-order valence-corrected chi connectivity index (χ2v) is 4.04. The number of para-hydroxylation sites is 1. The standard InChI is InChI=1S/C14H14F2N2O2/c1-17-13-10(15)8-11(16)14(18-13)20-12-5-3-2-4-9(12)6-7-19/h2-5,8,19H,6-7H2,1H3,(H,17,18). The zero-order valence-electron chi connectivity index (χ0n) is 10.9. The number of halogens is 2. The van der Waals surface area contributed by atoms with Gasteiger partial charge in [0.25, 0.3) is 5.88 Å². The molecule has 6 heteroatoms. The van der Waals surface area contributed by atoms with Crippen molar-refractivity contribution in [2.24, 2.45) is 0 Å². The van der Waals surface area contributed by atoms with Crippen molar-refractivity contribution in [1.29, 1.82) is 0 Å². The molecule has 0 bridgehead atoms. The van der Waals surface area contributed by atoms with Gasteiger partial charge in [0.2, 0.25) is 0 Å². The summed E-state index contributed by atoms with van der Waals surface area (Å²) in [5, 5.41) is 11.5. The molecule has 2 aromatic rings. The van der Waals surface area contributed by atoms with Gasteiger partial charge >= 0.3 is 0 Å². The molecule has 0 unspecified atom stereocenters. The van der Waals surface area contributed by atoms with Gasteiger partial charge in [0.15, 0.2) is 17.5 Å². The minimum absolute atomic E-state index is 0.0541. The van der Waals surface area contributed by atoms with Crippen LogP contribution in [0.1, 0.15) is 5.56 Å². The maximum atomic E-state index is 13.7.